The zero-order valence-electron chi connectivity index (χ0n) is 15.8. The van der Waals surface area contributed by atoms with Crippen LogP contribution in [0.1, 0.15) is 38.0 Å². The van der Waals surface area contributed by atoms with Crippen LogP contribution in [0.4, 0.5) is 17.3 Å². The predicted octanol–water partition coefficient (Wildman–Crippen LogP) is 3.46. The molecule has 29 heavy (non-hydrogen) atoms. The van der Waals surface area contributed by atoms with Crippen LogP contribution >= 0.6 is 0 Å². The van der Waals surface area contributed by atoms with Crippen molar-refractivity contribution >= 4 is 35.0 Å². The van der Waals surface area contributed by atoms with Gasteiger partial charge in [-0.3, -0.25) is 9.59 Å². The van der Waals surface area contributed by atoms with Crippen molar-refractivity contribution in [3.63, 3.8) is 0 Å². The van der Waals surface area contributed by atoms with Crippen molar-refractivity contribution in [3.8, 4) is 0 Å². The molecule has 0 radical (unpaired) electrons. The van der Waals surface area contributed by atoms with E-state index in [1.807, 2.05) is 0 Å². The lowest BCUT2D eigenvalue weighted by atomic mass is 10.1. The van der Waals surface area contributed by atoms with E-state index >= 15 is 0 Å². The molecule has 3 aromatic rings. The number of anilines is 3. The number of nitrogens with one attached hydrogen (secondary N) is 2. The number of carbonyl (C=O) groups excluding carboxylic acids is 3. The van der Waals surface area contributed by atoms with Crippen molar-refractivity contribution in [2.45, 2.75) is 6.92 Å². The molecule has 3 rings (SSSR count). The normalized spacial score (nSPS) is 10.1. The van der Waals surface area contributed by atoms with E-state index in [0.29, 0.717) is 28.5 Å². The Hall–Kier alpha value is -4.07. The van der Waals surface area contributed by atoms with Crippen LogP contribution in [-0.4, -0.2) is 34.7 Å². The summed E-state index contributed by atoms with van der Waals surface area (Å²) in [6, 6.07) is 13.3. The average molecular weight is 390 g/mol. The number of hydrogen-bond acceptors (Lipinski definition) is 7. The van der Waals surface area contributed by atoms with Crippen molar-refractivity contribution < 1.29 is 19.1 Å². The van der Waals surface area contributed by atoms with Gasteiger partial charge in [-0.2, -0.15) is 0 Å². The summed E-state index contributed by atoms with van der Waals surface area (Å²) in [4.78, 5) is 43.5. The Morgan fingerprint density at radius 2 is 1.55 bits per heavy atom. The lowest BCUT2D eigenvalue weighted by molar-refractivity contribution is 0.0600. The summed E-state index contributed by atoms with van der Waals surface area (Å²) in [5, 5.41) is 5.68. The Bertz CT molecular complexity index is 1050. The van der Waals surface area contributed by atoms with Gasteiger partial charge in [0.05, 0.1) is 18.2 Å². The van der Waals surface area contributed by atoms with Gasteiger partial charge in [-0.05, 0) is 49.4 Å². The number of nitrogens with zero attached hydrogens (tertiary/aromatic N) is 2. The minimum absolute atomic E-state index is 0.0136. The Kier molecular flexibility index (Phi) is 5.94. The van der Waals surface area contributed by atoms with Gasteiger partial charge in [0.15, 0.2) is 5.78 Å². The number of rotatable bonds is 6. The summed E-state index contributed by atoms with van der Waals surface area (Å²) in [6.45, 7) is 1.50. The standard InChI is InChI=1S/C21H18N4O4/c1-13(26)14-6-8-17(9-7-14)25-21-22-11-16(12-23-21)19(27)24-18-5-3-4-15(10-18)20(28)29-2/h3-12H,1-2H3,(H,24,27)(H,22,23,25). The molecule has 8 nitrogen and oxygen atoms in total. The third-order valence-corrected chi connectivity index (χ3v) is 4.00. The molecule has 0 aliphatic heterocycles. The van der Waals surface area contributed by atoms with Crippen LogP contribution in [0.5, 0.6) is 0 Å². The second-order valence-corrected chi connectivity index (χ2v) is 6.08. The van der Waals surface area contributed by atoms with E-state index in [1.54, 1.807) is 42.5 Å². The summed E-state index contributed by atoms with van der Waals surface area (Å²) in [5.74, 6) is -0.606. The molecule has 2 aromatic carbocycles. The number of benzene rings is 2. The fourth-order valence-electron chi connectivity index (χ4n) is 2.47. The molecule has 1 heterocycles. The highest BCUT2D eigenvalue weighted by Gasteiger charge is 2.11. The summed E-state index contributed by atoms with van der Waals surface area (Å²) in [5.41, 5.74) is 2.36. The van der Waals surface area contributed by atoms with E-state index in [1.165, 1.54) is 32.5 Å². The molecule has 0 unspecified atom stereocenters. The third-order valence-electron chi connectivity index (χ3n) is 4.00. The lowest BCUT2D eigenvalue weighted by Gasteiger charge is -2.08. The van der Waals surface area contributed by atoms with Crippen molar-refractivity contribution in [2.24, 2.45) is 0 Å². The number of ketones is 1. The van der Waals surface area contributed by atoms with Crippen LogP contribution in [0, 0.1) is 0 Å². The van der Waals surface area contributed by atoms with E-state index < -0.39 is 11.9 Å². The van der Waals surface area contributed by atoms with Gasteiger partial charge in [0.1, 0.15) is 0 Å². The number of ether oxygens (including phenoxy) is 1. The van der Waals surface area contributed by atoms with E-state index in [2.05, 4.69) is 25.3 Å². The molecule has 0 bridgehead atoms. The summed E-state index contributed by atoms with van der Waals surface area (Å²) >= 11 is 0. The van der Waals surface area contributed by atoms with E-state index in [0.717, 1.165) is 0 Å². The Balaban J connectivity index is 1.66. The average Bonchev–Trinajstić information content (AvgIpc) is 2.74. The van der Waals surface area contributed by atoms with Crippen LogP contribution in [0.25, 0.3) is 0 Å². The molecule has 0 aliphatic rings. The Labute approximate surface area is 167 Å². The predicted molar refractivity (Wildman–Crippen MR) is 107 cm³/mol. The number of methoxy groups -OCH3 is 1. The smallest absolute Gasteiger partial charge is 0.337 e. The van der Waals surface area contributed by atoms with Gasteiger partial charge >= 0.3 is 5.97 Å². The molecule has 0 aliphatic carbocycles. The number of aromatic nitrogens is 2. The van der Waals surface area contributed by atoms with Crippen LogP contribution < -0.4 is 10.6 Å². The minimum atomic E-state index is -0.490. The van der Waals surface area contributed by atoms with Crippen LogP contribution in [-0.2, 0) is 4.74 Å². The highest BCUT2D eigenvalue weighted by atomic mass is 16.5. The molecule has 146 valence electrons. The molecular weight excluding hydrogens is 372 g/mol. The van der Waals surface area contributed by atoms with Crippen LogP contribution in [0.3, 0.4) is 0 Å². The SMILES string of the molecule is COC(=O)c1cccc(NC(=O)c2cnc(Nc3ccc(C(C)=O)cc3)nc2)c1. The molecule has 0 atom stereocenters. The number of Topliss-reactive ketones (excluding diaryl/α,β-unsaturated/α-hetero) is 1. The maximum Gasteiger partial charge on any atom is 0.337 e. The van der Waals surface area contributed by atoms with E-state index in [-0.39, 0.29) is 11.3 Å². The zero-order valence-corrected chi connectivity index (χ0v) is 15.8. The zero-order chi connectivity index (χ0) is 20.8. The monoisotopic (exact) mass is 390 g/mol. The van der Waals surface area contributed by atoms with Crippen LogP contribution in [0.2, 0.25) is 0 Å². The van der Waals surface area contributed by atoms with Crippen molar-refractivity contribution in [2.75, 3.05) is 17.7 Å². The van der Waals surface area contributed by atoms with Gasteiger partial charge in [-0.25, -0.2) is 14.8 Å². The minimum Gasteiger partial charge on any atom is -0.465 e. The summed E-state index contributed by atoms with van der Waals surface area (Å²) in [6.07, 6.45) is 2.78. The van der Waals surface area contributed by atoms with Crippen molar-refractivity contribution in [1.29, 1.82) is 0 Å². The molecule has 1 aromatic heterocycles. The molecule has 2 N–H and O–H groups in total. The molecule has 0 fully saturated rings. The lowest BCUT2D eigenvalue weighted by Crippen LogP contribution is -2.13. The van der Waals surface area contributed by atoms with Crippen LogP contribution in [0.15, 0.2) is 60.9 Å². The largest absolute Gasteiger partial charge is 0.465 e. The molecule has 0 saturated heterocycles. The second kappa shape index (κ2) is 8.75. The third kappa shape index (κ3) is 5.01. The number of amides is 1. The van der Waals surface area contributed by atoms with Gasteiger partial charge in [0, 0.05) is 29.3 Å². The molecule has 0 spiro atoms. The first-order chi connectivity index (χ1) is 14.0. The van der Waals surface area contributed by atoms with E-state index in [9.17, 15) is 14.4 Å². The quantitative estimate of drug-likeness (QED) is 0.490. The highest BCUT2D eigenvalue weighted by Crippen LogP contribution is 2.16. The van der Waals surface area contributed by atoms with Crippen molar-refractivity contribution in [1.82, 2.24) is 9.97 Å². The number of esters is 1. The van der Waals surface area contributed by atoms with E-state index in [4.69, 9.17) is 0 Å². The van der Waals surface area contributed by atoms with Gasteiger partial charge < -0.3 is 15.4 Å². The van der Waals surface area contributed by atoms with Gasteiger partial charge in [0.2, 0.25) is 5.95 Å². The number of hydrogen-bond donors (Lipinski definition) is 2. The molecule has 1 amide bonds. The fourth-order valence-corrected chi connectivity index (χ4v) is 2.47. The van der Waals surface area contributed by atoms with Gasteiger partial charge in [-0.1, -0.05) is 6.07 Å². The number of carbonyl (C=O) groups is 3. The summed E-state index contributed by atoms with van der Waals surface area (Å²) in [7, 11) is 1.29. The summed E-state index contributed by atoms with van der Waals surface area (Å²) < 4.78 is 4.67. The topological polar surface area (TPSA) is 110 Å². The fraction of sp³-hybridized carbons (Fsp3) is 0.0952. The molecule has 0 saturated carbocycles. The Morgan fingerprint density at radius 1 is 0.862 bits per heavy atom. The molecule has 8 heteroatoms. The first kappa shape index (κ1) is 19.7. The maximum absolute atomic E-state index is 12.4. The molecular formula is C21H18N4O4. The highest BCUT2D eigenvalue weighted by molar-refractivity contribution is 6.04. The maximum atomic E-state index is 12.4. The Morgan fingerprint density at radius 3 is 2.17 bits per heavy atom. The van der Waals surface area contributed by atoms with Gasteiger partial charge in [-0.15, -0.1) is 0 Å². The van der Waals surface area contributed by atoms with Crippen molar-refractivity contribution in [3.05, 3.63) is 77.6 Å². The second-order valence-electron chi connectivity index (χ2n) is 6.08. The first-order valence-electron chi connectivity index (χ1n) is 8.66. The van der Waals surface area contributed by atoms with Gasteiger partial charge in [0.25, 0.3) is 5.91 Å². The first-order valence-corrected chi connectivity index (χ1v) is 8.66.